The van der Waals surface area contributed by atoms with Crippen LogP contribution in [-0.4, -0.2) is 38.1 Å². The van der Waals surface area contributed by atoms with Gasteiger partial charge in [-0.2, -0.15) is 13.2 Å². The Morgan fingerprint density at radius 1 is 1.21 bits per heavy atom. The average Bonchev–Trinajstić information content (AvgIpc) is 3.18. The largest absolute Gasteiger partial charge is 0.417 e. The Kier molecular flexibility index (Phi) is 4.46. The number of aryl methyl sites for hydroxylation is 1. The number of imidazole rings is 2. The van der Waals surface area contributed by atoms with Gasteiger partial charge in [-0.3, -0.25) is 4.40 Å². The molecule has 29 heavy (non-hydrogen) atoms. The van der Waals surface area contributed by atoms with Crippen LogP contribution in [0.25, 0.3) is 28.3 Å². The lowest BCUT2D eigenvalue weighted by atomic mass is 10.2. The van der Waals surface area contributed by atoms with Crippen LogP contribution in [0.1, 0.15) is 12.5 Å². The Hall–Kier alpha value is -2.47. The number of hydrogen-bond donors (Lipinski definition) is 0. The van der Waals surface area contributed by atoms with Crippen LogP contribution >= 0.6 is 15.9 Å². The van der Waals surface area contributed by atoms with Gasteiger partial charge in [0.1, 0.15) is 16.9 Å². The van der Waals surface area contributed by atoms with Gasteiger partial charge in [0, 0.05) is 23.9 Å². The summed E-state index contributed by atoms with van der Waals surface area (Å²) in [5, 5.41) is -0.0723. The Morgan fingerprint density at radius 3 is 2.59 bits per heavy atom. The van der Waals surface area contributed by atoms with Crippen LogP contribution in [0.15, 0.2) is 40.1 Å². The number of aromatic nitrogens is 5. The molecule has 0 spiro atoms. The van der Waals surface area contributed by atoms with Crippen molar-refractivity contribution < 1.29 is 21.6 Å². The number of alkyl halides is 3. The fraction of sp³-hybridized carbons (Fsp3) is 0.235. The van der Waals surface area contributed by atoms with E-state index in [9.17, 15) is 21.6 Å². The topological polar surface area (TPSA) is 82.1 Å². The molecule has 0 aliphatic heterocycles. The lowest BCUT2D eigenvalue weighted by molar-refractivity contribution is -0.137. The van der Waals surface area contributed by atoms with Crippen LogP contribution in [0.4, 0.5) is 13.2 Å². The number of fused-ring (bicyclic) bond motifs is 2. The molecule has 7 nitrogen and oxygen atoms in total. The van der Waals surface area contributed by atoms with E-state index in [1.54, 1.807) is 25.4 Å². The first-order chi connectivity index (χ1) is 13.5. The minimum atomic E-state index is -4.56. The summed E-state index contributed by atoms with van der Waals surface area (Å²) in [7, 11) is -2.18. The fourth-order valence-electron chi connectivity index (χ4n) is 3.02. The maximum Gasteiger partial charge on any atom is 0.417 e. The van der Waals surface area contributed by atoms with Crippen molar-refractivity contribution in [3.05, 3.63) is 40.6 Å². The van der Waals surface area contributed by atoms with Gasteiger partial charge >= 0.3 is 6.18 Å². The van der Waals surface area contributed by atoms with E-state index in [4.69, 9.17) is 0 Å². The van der Waals surface area contributed by atoms with Gasteiger partial charge in [-0.05, 0) is 18.2 Å². The predicted octanol–water partition coefficient (Wildman–Crippen LogP) is 3.86. The lowest BCUT2D eigenvalue weighted by Gasteiger charge is -2.06. The second kappa shape index (κ2) is 6.52. The number of pyridine rings is 2. The van der Waals surface area contributed by atoms with Crippen molar-refractivity contribution >= 4 is 42.6 Å². The molecule has 152 valence electrons. The molecule has 4 heterocycles. The van der Waals surface area contributed by atoms with Gasteiger partial charge in [-0.15, -0.1) is 0 Å². The van der Waals surface area contributed by atoms with E-state index >= 15 is 0 Å². The van der Waals surface area contributed by atoms with E-state index in [1.165, 1.54) is 15.9 Å². The van der Waals surface area contributed by atoms with Crippen molar-refractivity contribution in [3.63, 3.8) is 0 Å². The molecule has 0 N–H and O–H groups in total. The van der Waals surface area contributed by atoms with E-state index in [0.29, 0.717) is 10.1 Å². The first-order valence-corrected chi connectivity index (χ1v) is 10.8. The summed E-state index contributed by atoms with van der Waals surface area (Å²) in [4.78, 5) is 12.5. The van der Waals surface area contributed by atoms with E-state index < -0.39 is 21.6 Å². The molecule has 0 aromatic carbocycles. The van der Waals surface area contributed by atoms with Crippen LogP contribution in [0.5, 0.6) is 0 Å². The molecule has 0 saturated carbocycles. The third-order valence-electron chi connectivity index (χ3n) is 4.47. The van der Waals surface area contributed by atoms with Gasteiger partial charge in [0.25, 0.3) is 0 Å². The van der Waals surface area contributed by atoms with Crippen molar-refractivity contribution in [2.45, 2.75) is 18.1 Å². The van der Waals surface area contributed by atoms with Crippen molar-refractivity contribution in [2.75, 3.05) is 5.75 Å². The summed E-state index contributed by atoms with van der Waals surface area (Å²) in [6.45, 7) is 1.50. The quantitative estimate of drug-likeness (QED) is 0.438. The number of hydrogen-bond acceptors (Lipinski definition) is 5. The monoisotopic (exact) mass is 487 g/mol. The summed E-state index contributed by atoms with van der Waals surface area (Å²) in [6.07, 6.45) is -2.29. The zero-order chi connectivity index (χ0) is 21.1. The average molecular weight is 488 g/mol. The highest BCUT2D eigenvalue weighted by atomic mass is 79.9. The SMILES string of the molecule is CCS(=O)(=O)c1c(-c2nc3cc(C(F)(F)F)cnc3n2C)nc2cc(Br)ccn12. The van der Waals surface area contributed by atoms with Gasteiger partial charge in [0.15, 0.2) is 26.3 Å². The molecule has 0 amide bonds. The van der Waals surface area contributed by atoms with Gasteiger partial charge in [0.2, 0.25) is 0 Å². The van der Waals surface area contributed by atoms with Gasteiger partial charge < -0.3 is 4.57 Å². The normalized spacial score (nSPS) is 12.9. The summed E-state index contributed by atoms with van der Waals surface area (Å²) >= 11 is 3.32. The molecule has 4 rings (SSSR count). The molecule has 0 fully saturated rings. The molecule has 4 aromatic heterocycles. The van der Waals surface area contributed by atoms with Gasteiger partial charge in [0.05, 0.1) is 11.3 Å². The number of rotatable bonds is 3. The Labute approximate surface area is 171 Å². The van der Waals surface area contributed by atoms with Crippen LogP contribution in [0, 0.1) is 0 Å². The van der Waals surface area contributed by atoms with Crippen molar-refractivity contribution in [3.8, 4) is 11.5 Å². The molecular weight excluding hydrogens is 475 g/mol. The number of halogens is 4. The molecule has 12 heteroatoms. The third-order valence-corrected chi connectivity index (χ3v) is 6.70. The lowest BCUT2D eigenvalue weighted by Crippen LogP contribution is -2.09. The Morgan fingerprint density at radius 2 is 1.93 bits per heavy atom. The Balaban J connectivity index is 2.05. The molecule has 0 atom stereocenters. The fourth-order valence-corrected chi connectivity index (χ4v) is 4.50. The van der Waals surface area contributed by atoms with Crippen LogP contribution in [0.2, 0.25) is 0 Å². The maximum absolute atomic E-state index is 13.0. The highest BCUT2D eigenvalue weighted by Gasteiger charge is 2.33. The zero-order valence-corrected chi connectivity index (χ0v) is 17.5. The first kappa shape index (κ1) is 19.8. The van der Waals surface area contributed by atoms with Gasteiger partial charge in [-0.1, -0.05) is 22.9 Å². The summed E-state index contributed by atoms with van der Waals surface area (Å²) in [6, 6.07) is 4.19. The smallest absolute Gasteiger partial charge is 0.310 e. The summed E-state index contributed by atoms with van der Waals surface area (Å²) in [5.41, 5.74) is -0.340. The highest BCUT2D eigenvalue weighted by molar-refractivity contribution is 9.10. The molecule has 0 radical (unpaired) electrons. The summed E-state index contributed by atoms with van der Waals surface area (Å²) < 4.78 is 68.2. The molecular formula is C17H13BrF3N5O2S. The predicted molar refractivity (Wildman–Crippen MR) is 103 cm³/mol. The molecule has 0 saturated heterocycles. The van der Waals surface area contributed by atoms with Crippen LogP contribution in [0.3, 0.4) is 0 Å². The van der Waals surface area contributed by atoms with Crippen molar-refractivity contribution in [1.29, 1.82) is 0 Å². The minimum absolute atomic E-state index is 0.00425. The van der Waals surface area contributed by atoms with Crippen LogP contribution < -0.4 is 0 Å². The molecule has 0 bridgehead atoms. The molecule has 0 aliphatic rings. The second-order valence-corrected chi connectivity index (χ2v) is 9.41. The first-order valence-electron chi connectivity index (χ1n) is 8.33. The highest BCUT2D eigenvalue weighted by Crippen LogP contribution is 2.33. The second-order valence-electron chi connectivity index (χ2n) is 6.30. The van der Waals surface area contributed by atoms with Crippen LogP contribution in [-0.2, 0) is 23.1 Å². The summed E-state index contributed by atoms with van der Waals surface area (Å²) in [5.74, 6) is -0.0664. The molecule has 4 aromatic rings. The number of nitrogens with zero attached hydrogens (tertiary/aromatic N) is 5. The van der Waals surface area contributed by atoms with Crippen molar-refractivity contribution in [1.82, 2.24) is 23.9 Å². The maximum atomic E-state index is 13.0. The third kappa shape index (κ3) is 3.19. The van der Waals surface area contributed by atoms with E-state index in [0.717, 1.165) is 12.3 Å². The zero-order valence-electron chi connectivity index (χ0n) is 15.1. The van der Waals surface area contributed by atoms with Crippen molar-refractivity contribution in [2.24, 2.45) is 7.05 Å². The number of sulfone groups is 1. The van der Waals surface area contributed by atoms with E-state index in [1.807, 2.05) is 0 Å². The van der Waals surface area contributed by atoms with E-state index in [-0.39, 0.29) is 33.5 Å². The molecule has 0 unspecified atom stereocenters. The standard InChI is InChI=1S/C17H13BrF3N5O2S/c1-3-29(27,28)16-13(24-12-7-10(18)4-5-26(12)16)15-23-11-6-9(17(19,20)21)8-22-14(11)25(15)2/h4-8H,3H2,1-2H3. The minimum Gasteiger partial charge on any atom is -0.310 e. The van der Waals surface area contributed by atoms with E-state index in [2.05, 4.69) is 30.9 Å². The Bertz CT molecular complexity index is 1380. The molecule has 0 aliphatic carbocycles. The van der Waals surface area contributed by atoms with Gasteiger partial charge in [-0.25, -0.2) is 23.4 Å².